The van der Waals surface area contributed by atoms with Crippen LogP contribution in [0.4, 0.5) is 0 Å². The summed E-state index contributed by atoms with van der Waals surface area (Å²) >= 11 is 0. The fourth-order valence-electron chi connectivity index (χ4n) is 11.3. The van der Waals surface area contributed by atoms with E-state index >= 15 is 0 Å². The van der Waals surface area contributed by atoms with Crippen molar-refractivity contribution in [2.24, 2.45) is 0 Å². The van der Waals surface area contributed by atoms with Crippen LogP contribution in [0, 0.1) is 11.3 Å². The zero-order chi connectivity index (χ0) is 56.0. The highest BCUT2D eigenvalue weighted by Gasteiger charge is 2.27. The first-order chi connectivity index (χ1) is 38.1. The third kappa shape index (κ3) is 9.35. The van der Waals surface area contributed by atoms with Crippen LogP contribution in [-0.2, 0) is 21.7 Å². The van der Waals surface area contributed by atoms with Gasteiger partial charge in [-0.1, -0.05) is 192 Å². The molecular weight excluding hydrogens is 973 g/mol. The van der Waals surface area contributed by atoms with E-state index in [9.17, 15) is 5.26 Å². The van der Waals surface area contributed by atoms with Crippen molar-refractivity contribution in [2.75, 3.05) is 0 Å². The minimum Gasteiger partial charge on any atom is -0.309 e. The van der Waals surface area contributed by atoms with E-state index in [4.69, 9.17) is 15.0 Å². The third-order valence-electron chi connectivity index (χ3n) is 16.0. The van der Waals surface area contributed by atoms with Crippen molar-refractivity contribution in [1.29, 1.82) is 5.26 Å². The number of fused-ring (bicyclic) bond motifs is 6. The second-order valence-electron chi connectivity index (χ2n) is 25.8. The Morgan fingerprint density at radius 3 is 1.10 bits per heavy atom. The van der Waals surface area contributed by atoms with Crippen LogP contribution >= 0.6 is 0 Å². The Bertz CT molecular complexity index is 4240. The number of aromatic nitrogens is 5. The van der Waals surface area contributed by atoms with Gasteiger partial charge in [-0.05, 0) is 140 Å². The Balaban J connectivity index is 1.23. The summed E-state index contributed by atoms with van der Waals surface area (Å²) in [4.78, 5) is 15.7. The molecule has 6 nitrogen and oxygen atoms in total. The molecule has 0 unspecified atom stereocenters. The third-order valence-corrected chi connectivity index (χ3v) is 16.0. The molecule has 12 rings (SSSR count). The van der Waals surface area contributed by atoms with Crippen molar-refractivity contribution < 1.29 is 0 Å². The smallest absolute Gasteiger partial charge is 0.164 e. The minimum absolute atomic E-state index is 0.0637. The second-order valence-corrected chi connectivity index (χ2v) is 25.8. The Morgan fingerprint density at radius 2 is 0.688 bits per heavy atom. The normalized spacial score (nSPS) is 12.5. The van der Waals surface area contributed by atoms with Crippen LogP contribution in [0.3, 0.4) is 0 Å². The summed E-state index contributed by atoms with van der Waals surface area (Å²) in [5.41, 5.74) is 18.6. The van der Waals surface area contributed by atoms with Crippen molar-refractivity contribution in [1.82, 2.24) is 24.1 Å². The largest absolute Gasteiger partial charge is 0.309 e. The number of hydrogen-bond acceptors (Lipinski definition) is 4. The molecule has 0 aliphatic heterocycles. The van der Waals surface area contributed by atoms with Crippen molar-refractivity contribution in [2.45, 2.75) is 105 Å². The molecule has 0 spiro atoms. The number of hydrogen-bond donors (Lipinski definition) is 0. The van der Waals surface area contributed by atoms with E-state index in [-0.39, 0.29) is 21.7 Å². The van der Waals surface area contributed by atoms with Crippen LogP contribution < -0.4 is 0 Å². The van der Waals surface area contributed by atoms with Crippen LogP contribution in [0.15, 0.2) is 194 Å². The number of benzene rings is 9. The zero-order valence-electron chi connectivity index (χ0n) is 48.2. The van der Waals surface area contributed by atoms with Crippen LogP contribution in [0.5, 0.6) is 0 Å². The van der Waals surface area contributed by atoms with Crippen molar-refractivity contribution in [3.05, 3.63) is 222 Å². The van der Waals surface area contributed by atoms with Crippen LogP contribution in [0.1, 0.15) is 111 Å². The molecule has 3 aromatic heterocycles. The molecule has 0 atom stereocenters. The molecule has 80 heavy (non-hydrogen) atoms. The van der Waals surface area contributed by atoms with Gasteiger partial charge in [0.05, 0.1) is 45.1 Å². The Hall–Kier alpha value is -8.92. The highest BCUT2D eigenvalue weighted by Crippen LogP contribution is 2.46. The molecule has 0 aliphatic rings. The summed E-state index contributed by atoms with van der Waals surface area (Å²) in [6.45, 7) is 27.5. The molecule has 394 valence electrons. The van der Waals surface area contributed by atoms with Crippen LogP contribution in [0.25, 0.3) is 111 Å². The van der Waals surface area contributed by atoms with Crippen molar-refractivity contribution >= 4 is 43.6 Å². The average molecular weight is 1040 g/mol. The van der Waals surface area contributed by atoms with E-state index < -0.39 is 0 Å². The minimum atomic E-state index is -0.0736. The average Bonchev–Trinajstić information content (AvgIpc) is 4.02. The summed E-state index contributed by atoms with van der Waals surface area (Å²) in [6.07, 6.45) is 0. The predicted molar refractivity (Wildman–Crippen MR) is 335 cm³/mol. The lowest BCUT2D eigenvalue weighted by Gasteiger charge is -2.22. The first kappa shape index (κ1) is 51.8. The Kier molecular flexibility index (Phi) is 12.4. The van der Waals surface area contributed by atoms with Gasteiger partial charge in [0.15, 0.2) is 17.5 Å². The molecule has 0 aliphatic carbocycles. The lowest BCUT2D eigenvalue weighted by atomic mass is 9.85. The van der Waals surface area contributed by atoms with E-state index in [1.165, 1.54) is 43.8 Å². The standard InChI is InChI=1S/C74H68N6/c1-71(2,3)52-28-34-63-58(41-52)59-42-53(72(4,5)6)29-35-64(59)79(63)62-33-27-51(70-77-68(47-21-15-13-16-22-47)76-69(78-70)48-23-17-14-18-24-48)39-57(62)56-32-26-50(49-25-19-20-46(38-49)45-75)40-67(56)80-65-36-30-54(73(7,8)9)43-60(65)61-44-55(74(10,11)12)31-37-66(61)80/h13-44H,1-12H3. The first-order valence-corrected chi connectivity index (χ1v) is 28.0. The second kappa shape index (κ2) is 19.2. The topological polar surface area (TPSA) is 72.3 Å². The maximum absolute atomic E-state index is 10.2. The Morgan fingerprint density at radius 1 is 0.312 bits per heavy atom. The number of nitrogens with zero attached hydrogens (tertiary/aromatic N) is 6. The van der Waals surface area contributed by atoms with E-state index in [1.807, 2.05) is 54.6 Å². The molecule has 0 amide bonds. The lowest BCUT2D eigenvalue weighted by Crippen LogP contribution is -2.10. The SMILES string of the molecule is CC(C)(C)c1ccc2c(c1)c1cc(C(C)(C)C)ccc1n2-c1ccc(-c2nc(-c3ccccc3)nc(-c3ccccc3)n2)cc1-c1ccc(-c2cccc(C#N)c2)cc1-n1c2ccc(C(C)(C)C)cc2c2cc(C(C)(C)C)ccc21. The maximum atomic E-state index is 10.2. The molecule has 0 saturated heterocycles. The van der Waals surface area contributed by atoms with Gasteiger partial charge in [-0.3, -0.25) is 0 Å². The Labute approximate surface area is 471 Å². The van der Waals surface area contributed by atoms with E-state index in [1.54, 1.807) is 0 Å². The summed E-state index contributed by atoms with van der Waals surface area (Å²) in [7, 11) is 0. The maximum Gasteiger partial charge on any atom is 0.164 e. The van der Waals surface area contributed by atoms with Gasteiger partial charge in [0.1, 0.15) is 0 Å². The molecular formula is C74H68N6. The summed E-state index contributed by atoms with van der Waals surface area (Å²) in [5.74, 6) is 1.78. The van der Waals surface area contributed by atoms with E-state index in [0.29, 0.717) is 23.0 Å². The first-order valence-electron chi connectivity index (χ1n) is 28.0. The molecule has 0 N–H and O–H groups in total. The fraction of sp³-hybridized carbons (Fsp3) is 0.216. The lowest BCUT2D eigenvalue weighted by molar-refractivity contribution is 0.590. The van der Waals surface area contributed by atoms with E-state index in [2.05, 4.69) is 238 Å². The quantitative estimate of drug-likeness (QED) is 0.159. The van der Waals surface area contributed by atoms with Gasteiger partial charge >= 0.3 is 0 Å². The summed E-state index contributed by atoms with van der Waals surface area (Å²) < 4.78 is 4.96. The molecule has 12 aromatic rings. The van der Waals surface area contributed by atoms with Crippen LogP contribution in [-0.4, -0.2) is 24.1 Å². The van der Waals surface area contributed by atoms with Crippen molar-refractivity contribution in [3.63, 3.8) is 0 Å². The molecule has 0 fully saturated rings. The predicted octanol–water partition coefficient (Wildman–Crippen LogP) is 19.5. The number of nitriles is 1. The van der Waals surface area contributed by atoms with Gasteiger partial charge in [-0.2, -0.15) is 5.26 Å². The van der Waals surface area contributed by atoms with Gasteiger partial charge in [0, 0.05) is 49.4 Å². The molecule has 6 heteroatoms. The van der Waals surface area contributed by atoms with Gasteiger partial charge in [-0.25, -0.2) is 15.0 Å². The van der Waals surface area contributed by atoms with Gasteiger partial charge in [-0.15, -0.1) is 0 Å². The van der Waals surface area contributed by atoms with Crippen molar-refractivity contribution in [3.8, 4) is 73.9 Å². The number of rotatable bonds is 7. The monoisotopic (exact) mass is 1040 g/mol. The molecule has 9 aromatic carbocycles. The van der Waals surface area contributed by atoms with Crippen LogP contribution in [0.2, 0.25) is 0 Å². The van der Waals surface area contributed by atoms with Gasteiger partial charge < -0.3 is 9.13 Å². The highest BCUT2D eigenvalue weighted by atomic mass is 15.0. The molecule has 0 saturated carbocycles. The van der Waals surface area contributed by atoms with Gasteiger partial charge in [0.25, 0.3) is 0 Å². The summed E-state index contributed by atoms with van der Waals surface area (Å²) in [5, 5.41) is 15.0. The highest BCUT2D eigenvalue weighted by molar-refractivity contribution is 6.12. The molecule has 0 bridgehead atoms. The fourth-order valence-corrected chi connectivity index (χ4v) is 11.3. The molecule has 3 heterocycles. The molecule has 0 radical (unpaired) electrons. The van der Waals surface area contributed by atoms with Gasteiger partial charge in [0.2, 0.25) is 0 Å². The summed E-state index contributed by atoms with van der Waals surface area (Å²) in [6, 6.07) is 72.5. The zero-order valence-corrected chi connectivity index (χ0v) is 48.2. The van der Waals surface area contributed by atoms with E-state index in [0.717, 1.165) is 72.4 Å².